The van der Waals surface area contributed by atoms with Crippen LogP contribution in [-0.4, -0.2) is 22.9 Å². The van der Waals surface area contributed by atoms with Gasteiger partial charge in [-0.05, 0) is 79.6 Å². The van der Waals surface area contributed by atoms with Crippen LogP contribution < -0.4 is 4.90 Å². The topological polar surface area (TPSA) is 74.7 Å². The standard InChI is InChI=1S/C34H39NO4/c1-19(2)23-18-34-16-13-25-32(3,14-8-15-33(25,4)31(38)39)26(34)17-22(23)27-28(34)30(37)35(29(27)36)24-12-7-10-20-9-5-6-11-21(20)24/h5-7,9-12,18-19,22,25-28H,8,13-17H2,1-4H3,(H,38,39)/t22-,25+,26+,27-,28-,32+,33-,34+/m1/s1. The molecule has 2 bridgehead atoms. The van der Waals surface area contributed by atoms with Gasteiger partial charge in [-0.15, -0.1) is 0 Å². The zero-order valence-electron chi connectivity index (χ0n) is 23.4. The van der Waals surface area contributed by atoms with E-state index in [9.17, 15) is 19.5 Å². The highest BCUT2D eigenvalue weighted by Gasteiger charge is 2.73. The lowest BCUT2D eigenvalue weighted by Crippen LogP contribution is -2.65. The number of carbonyl (C=O) groups is 3. The largest absolute Gasteiger partial charge is 0.481 e. The zero-order valence-corrected chi connectivity index (χ0v) is 23.4. The fourth-order valence-electron chi connectivity index (χ4n) is 10.6. The van der Waals surface area contributed by atoms with Gasteiger partial charge in [0, 0.05) is 10.8 Å². The molecule has 0 aromatic heterocycles. The molecule has 8 rings (SSSR count). The number of rotatable bonds is 3. The van der Waals surface area contributed by atoms with E-state index in [4.69, 9.17) is 0 Å². The Balaban J connectivity index is 1.38. The number of allylic oxidation sites excluding steroid dienone is 2. The summed E-state index contributed by atoms with van der Waals surface area (Å²) in [5.41, 5.74) is 0.744. The molecule has 2 amide bonds. The van der Waals surface area contributed by atoms with E-state index in [-0.39, 0.29) is 46.8 Å². The van der Waals surface area contributed by atoms with Gasteiger partial charge < -0.3 is 5.11 Å². The second kappa shape index (κ2) is 8.05. The van der Waals surface area contributed by atoms with Crippen LogP contribution in [0.2, 0.25) is 0 Å². The molecule has 2 aromatic carbocycles. The number of carboxylic acid groups (broad SMARTS) is 1. The predicted molar refractivity (Wildman–Crippen MR) is 151 cm³/mol. The number of fused-ring (bicyclic) bond motifs is 2. The minimum Gasteiger partial charge on any atom is -0.481 e. The SMILES string of the molecule is CC(C)C1=C[C@@]23CC[C@H]4[C@](C)(CCC[C@@]4(C)C(=O)O)[C@@H]2C[C@H]1[C@H]1C(=O)N(c2cccc4ccccc24)C(=O)[C@@H]13. The number of aliphatic carboxylic acids is 1. The monoisotopic (exact) mass is 525 g/mol. The maximum absolute atomic E-state index is 14.6. The Kier molecular flexibility index (Phi) is 5.17. The first-order chi connectivity index (χ1) is 18.5. The number of benzene rings is 2. The Morgan fingerprint density at radius 1 is 0.974 bits per heavy atom. The maximum atomic E-state index is 14.6. The van der Waals surface area contributed by atoms with Crippen LogP contribution in [0.1, 0.15) is 66.2 Å². The molecule has 6 aliphatic rings. The highest BCUT2D eigenvalue weighted by atomic mass is 16.4. The molecule has 1 saturated heterocycles. The first-order valence-corrected chi connectivity index (χ1v) is 14.9. The van der Waals surface area contributed by atoms with Gasteiger partial charge in [0.2, 0.25) is 11.8 Å². The van der Waals surface area contributed by atoms with Crippen LogP contribution >= 0.6 is 0 Å². The summed E-state index contributed by atoms with van der Waals surface area (Å²) in [7, 11) is 0. The van der Waals surface area contributed by atoms with Crippen molar-refractivity contribution in [2.75, 3.05) is 4.90 Å². The van der Waals surface area contributed by atoms with Crippen molar-refractivity contribution < 1.29 is 19.5 Å². The minimum absolute atomic E-state index is 0.0342. The van der Waals surface area contributed by atoms with Crippen molar-refractivity contribution in [1.29, 1.82) is 0 Å². The van der Waals surface area contributed by atoms with Gasteiger partial charge in [0.1, 0.15) is 0 Å². The molecule has 1 spiro atoms. The third kappa shape index (κ3) is 3.00. The maximum Gasteiger partial charge on any atom is 0.309 e. The molecule has 39 heavy (non-hydrogen) atoms. The summed E-state index contributed by atoms with van der Waals surface area (Å²) >= 11 is 0. The Bertz CT molecular complexity index is 1450. The number of imide groups is 1. The molecule has 0 radical (unpaired) electrons. The molecule has 3 saturated carbocycles. The predicted octanol–water partition coefficient (Wildman–Crippen LogP) is 6.86. The quantitative estimate of drug-likeness (QED) is 0.351. The first-order valence-electron chi connectivity index (χ1n) is 14.9. The molecule has 5 aliphatic carbocycles. The van der Waals surface area contributed by atoms with E-state index in [2.05, 4.69) is 26.8 Å². The third-order valence-corrected chi connectivity index (χ3v) is 12.2. The van der Waals surface area contributed by atoms with Crippen LogP contribution in [0.25, 0.3) is 10.8 Å². The molecule has 0 unspecified atom stereocenters. The highest BCUT2D eigenvalue weighted by Crippen LogP contribution is 2.74. The molecule has 8 atom stereocenters. The number of anilines is 1. The van der Waals surface area contributed by atoms with E-state index in [0.717, 1.165) is 49.3 Å². The lowest BCUT2D eigenvalue weighted by Gasteiger charge is -2.68. The van der Waals surface area contributed by atoms with E-state index in [1.54, 1.807) is 0 Å². The van der Waals surface area contributed by atoms with Gasteiger partial charge in [-0.2, -0.15) is 0 Å². The third-order valence-electron chi connectivity index (χ3n) is 12.2. The summed E-state index contributed by atoms with van der Waals surface area (Å²) in [5.74, 6) is -0.828. The van der Waals surface area contributed by atoms with Gasteiger partial charge in [0.15, 0.2) is 0 Å². The van der Waals surface area contributed by atoms with E-state index in [0.29, 0.717) is 11.6 Å². The van der Waals surface area contributed by atoms with Crippen LogP contribution in [-0.2, 0) is 14.4 Å². The number of amides is 2. The Morgan fingerprint density at radius 3 is 2.46 bits per heavy atom. The van der Waals surface area contributed by atoms with Gasteiger partial charge in [-0.1, -0.05) is 75.2 Å². The number of hydrogen-bond acceptors (Lipinski definition) is 3. The lowest BCUT2D eigenvalue weighted by atomic mass is 9.34. The lowest BCUT2D eigenvalue weighted by molar-refractivity contribution is -0.194. The summed E-state index contributed by atoms with van der Waals surface area (Å²) in [6.45, 7) is 8.71. The van der Waals surface area contributed by atoms with E-state index < -0.39 is 16.8 Å². The average molecular weight is 526 g/mol. The summed E-state index contributed by atoms with van der Waals surface area (Å²) in [5, 5.41) is 12.3. The summed E-state index contributed by atoms with van der Waals surface area (Å²) in [4.78, 5) is 43.1. The smallest absolute Gasteiger partial charge is 0.309 e. The van der Waals surface area contributed by atoms with Crippen molar-refractivity contribution in [3.8, 4) is 0 Å². The van der Waals surface area contributed by atoms with Crippen LogP contribution in [0.4, 0.5) is 5.69 Å². The van der Waals surface area contributed by atoms with Crippen molar-refractivity contribution in [2.24, 2.45) is 51.8 Å². The molecule has 1 aliphatic heterocycles. The Hall–Kier alpha value is -2.95. The molecule has 1 heterocycles. The number of carboxylic acids is 1. The van der Waals surface area contributed by atoms with Crippen molar-refractivity contribution >= 4 is 34.2 Å². The van der Waals surface area contributed by atoms with Crippen LogP contribution in [0, 0.1) is 51.8 Å². The second-order valence-electron chi connectivity index (χ2n) is 14.0. The van der Waals surface area contributed by atoms with Crippen LogP contribution in [0.3, 0.4) is 0 Å². The molecule has 2 aromatic rings. The van der Waals surface area contributed by atoms with Crippen LogP contribution in [0.15, 0.2) is 54.1 Å². The molecule has 4 fully saturated rings. The van der Waals surface area contributed by atoms with Gasteiger partial charge in [0.05, 0.1) is 22.9 Å². The fraction of sp³-hybridized carbons (Fsp3) is 0.559. The number of carbonyl (C=O) groups excluding carboxylic acids is 2. The number of nitrogens with zero attached hydrogens (tertiary/aromatic N) is 1. The van der Waals surface area contributed by atoms with E-state index in [1.807, 2.05) is 49.4 Å². The van der Waals surface area contributed by atoms with E-state index in [1.165, 1.54) is 10.5 Å². The minimum atomic E-state index is -0.736. The van der Waals surface area contributed by atoms with Crippen molar-refractivity contribution in [3.63, 3.8) is 0 Å². The van der Waals surface area contributed by atoms with Gasteiger partial charge in [0.25, 0.3) is 0 Å². The first kappa shape index (κ1) is 25.0. The van der Waals surface area contributed by atoms with Crippen molar-refractivity contribution in [3.05, 3.63) is 54.1 Å². The fourth-order valence-corrected chi connectivity index (χ4v) is 10.6. The molecule has 5 nitrogen and oxygen atoms in total. The second-order valence-corrected chi connectivity index (χ2v) is 14.0. The molecule has 5 heteroatoms. The Morgan fingerprint density at radius 2 is 1.72 bits per heavy atom. The molecule has 204 valence electrons. The van der Waals surface area contributed by atoms with Gasteiger partial charge in [-0.25, -0.2) is 4.90 Å². The molecule has 1 N–H and O–H groups in total. The summed E-state index contributed by atoms with van der Waals surface area (Å²) in [6.07, 6.45) is 7.53. The Labute approximate surface area is 230 Å². The number of hydrogen-bond donors (Lipinski definition) is 1. The summed E-state index contributed by atoms with van der Waals surface area (Å²) < 4.78 is 0. The van der Waals surface area contributed by atoms with Crippen molar-refractivity contribution in [2.45, 2.75) is 66.2 Å². The zero-order chi connectivity index (χ0) is 27.5. The summed E-state index contributed by atoms with van der Waals surface area (Å²) in [6, 6.07) is 13.9. The highest BCUT2D eigenvalue weighted by molar-refractivity contribution is 6.25. The normalized spacial score (nSPS) is 40.9. The van der Waals surface area contributed by atoms with Crippen molar-refractivity contribution in [1.82, 2.24) is 0 Å². The van der Waals surface area contributed by atoms with Gasteiger partial charge in [-0.3, -0.25) is 14.4 Å². The van der Waals surface area contributed by atoms with E-state index >= 15 is 0 Å². The average Bonchev–Trinajstić information content (AvgIpc) is 3.19. The molecular weight excluding hydrogens is 486 g/mol. The van der Waals surface area contributed by atoms with Gasteiger partial charge >= 0.3 is 5.97 Å². The van der Waals surface area contributed by atoms with Crippen LogP contribution in [0.5, 0.6) is 0 Å². The molecular formula is C34H39NO4.